The van der Waals surface area contributed by atoms with Gasteiger partial charge in [-0.05, 0) is 30.0 Å². The molecule has 8 heteroatoms. The Balaban J connectivity index is 1.80. The minimum Gasteiger partial charge on any atom is -0.369 e. The summed E-state index contributed by atoms with van der Waals surface area (Å²) in [5.74, 6) is 0.807. The van der Waals surface area contributed by atoms with Gasteiger partial charge in [-0.25, -0.2) is 0 Å². The molecule has 1 amide bonds. The molecular formula is C22H31N7O. The van der Waals surface area contributed by atoms with Crippen molar-refractivity contribution < 1.29 is 4.79 Å². The molecule has 1 atom stereocenters. The van der Waals surface area contributed by atoms with Crippen LogP contribution in [-0.2, 0) is 11.8 Å². The minimum atomic E-state index is -0.452. The maximum Gasteiger partial charge on any atom is 0.243 e. The Hall–Kier alpha value is -3.05. The van der Waals surface area contributed by atoms with Crippen LogP contribution in [0.5, 0.6) is 0 Å². The summed E-state index contributed by atoms with van der Waals surface area (Å²) in [7, 11) is 1.87. The molecule has 160 valence electrons. The Morgan fingerprint density at radius 3 is 2.60 bits per heavy atom. The predicted molar refractivity (Wildman–Crippen MR) is 119 cm³/mol. The number of nitrogens with zero attached hydrogens (tertiary/aromatic N) is 4. The number of hydrogen-bond acceptors (Lipinski definition) is 6. The molecule has 1 saturated heterocycles. The number of rotatable bonds is 8. The van der Waals surface area contributed by atoms with Crippen molar-refractivity contribution in [2.75, 3.05) is 42.9 Å². The van der Waals surface area contributed by atoms with Gasteiger partial charge < -0.3 is 20.9 Å². The second-order valence-corrected chi connectivity index (χ2v) is 8.05. The summed E-state index contributed by atoms with van der Waals surface area (Å²) >= 11 is 0. The molecule has 0 unspecified atom stereocenters. The fourth-order valence-electron chi connectivity index (χ4n) is 3.70. The van der Waals surface area contributed by atoms with Crippen molar-refractivity contribution in [1.29, 1.82) is 5.26 Å². The average molecular weight is 410 g/mol. The Labute approximate surface area is 178 Å². The quantitative estimate of drug-likeness (QED) is 0.577. The second-order valence-electron chi connectivity index (χ2n) is 8.05. The van der Waals surface area contributed by atoms with Gasteiger partial charge in [0.05, 0.1) is 6.07 Å². The monoisotopic (exact) mass is 409 g/mol. The number of carbonyl (C=O) groups is 1. The van der Waals surface area contributed by atoms with Crippen LogP contribution >= 0.6 is 0 Å². The number of benzene rings is 1. The lowest BCUT2D eigenvalue weighted by Crippen LogP contribution is -2.43. The van der Waals surface area contributed by atoms with Gasteiger partial charge in [0.15, 0.2) is 5.82 Å². The molecule has 1 aromatic carbocycles. The van der Waals surface area contributed by atoms with E-state index < -0.39 is 6.04 Å². The third kappa shape index (κ3) is 5.51. The minimum absolute atomic E-state index is 0.00232. The van der Waals surface area contributed by atoms with E-state index in [0.29, 0.717) is 18.2 Å². The highest BCUT2D eigenvalue weighted by molar-refractivity contribution is 5.86. The SMILES string of the molecule is CC(C)C[C@H](Nc1nn(C)cc1-c1ccc(N2CCNCC2)cc1)C(=O)NCC#N. The second kappa shape index (κ2) is 10.1. The molecule has 0 saturated carbocycles. The number of hydrogen-bond donors (Lipinski definition) is 3. The van der Waals surface area contributed by atoms with E-state index in [-0.39, 0.29) is 12.5 Å². The zero-order chi connectivity index (χ0) is 21.5. The largest absolute Gasteiger partial charge is 0.369 e. The lowest BCUT2D eigenvalue weighted by molar-refractivity contribution is -0.121. The molecule has 1 aromatic heterocycles. The molecule has 8 nitrogen and oxygen atoms in total. The van der Waals surface area contributed by atoms with Crippen LogP contribution in [0.3, 0.4) is 0 Å². The summed E-state index contributed by atoms with van der Waals surface area (Å²) in [6.45, 7) is 8.16. The molecule has 2 aromatic rings. The standard InChI is InChI=1S/C22H31N7O/c1-16(2)14-20(22(30)25-9-8-23)26-21-19(15-28(3)27-21)17-4-6-18(7-5-17)29-12-10-24-11-13-29/h4-7,15-16,20,24H,9-14H2,1-3H3,(H,25,30)(H,26,27)/t20-/m0/s1. The van der Waals surface area contributed by atoms with Crippen LogP contribution in [0.2, 0.25) is 0 Å². The molecule has 30 heavy (non-hydrogen) atoms. The maximum absolute atomic E-state index is 12.5. The molecular weight excluding hydrogens is 378 g/mol. The number of carbonyl (C=O) groups excluding carboxylic acids is 1. The molecule has 1 aliphatic rings. The van der Waals surface area contributed by atoms with E-state index in [1.54, 1.807) is 4.68 Å². The van der Waals surface area contributed by atoms with Crippen molar-refractivity contribution >= 4 is 17.4 Å². The fourth-order valence-corrected chi connectivity index (χ4v) is 3.70. The van der Waals surface area contributed by atoms with E-state index >= 15 is 0 Å². The van der Waals surface area contributed by atoms with Crippen molar-refractivity contribution in [2.24, 2.45) is 13.0 Å². The zero-order valence-electron chi connectivity index (χ0n) is 18.0. The number of nitriles is 1. The van der Waals surface area contributed by atoms with E-state index in [4.69, 9.17) is 5.26 Å². The van der Waals surface area contributed by atoms with Crippen LogP contribution in [0.25, 0.3) is 11.1 Å². The maximum atomic E-state index is 12.5. The highest BCUT2D eigenvalue weighted by atomic mass is 16.2. The van der Waals surface area contributed by atoms with Crippen molar-refractivity contribution in [3.05, 3.63) is 30.5 Å². The highest BCUT2D eigenvalue weighted by Gasteiger charge is 2.22. The molecule has 1 fully saturated rings. The van der Waals surface area contributed by atoms with Gasteiger partial charge in [0, 0.05) is 50.7 Å². The van der Waals surface area contributed by atoms with Crippen molar-refractivity contribution in [3.8, 4) is 17.2 Å². The van der Waals surface area contributed by atoms with Gasteiger partial charge in [0.2, 0.25) is 5.91 Å². The Kier molecular flexibility index (Phi) is 7.31. The number of anilines is 2. The van der Waals surface area contributed by atoms with Gasteiger partial charge in [0.1, 0.15) is 12.6 Å². The third-order valence-corrected chi connectivity index (χ3v) is 5.17. The van der Waals surface area contributed by atoms with Gasteiger partial charge in [-0.1, -0.05) is 26.0 Å². The van der Waals surface area contributed by atoms with Crippen LogP contribution in [-0.4, -0.2) is 54.5 Å². The first-order chi connectivity index (χ1) is 14.5. The van der Waals surface area contributed by atoms with Gasteiger partial charge in [0.25, 0.3) is 0 Å². The molecule has 0 radical (unpaired) electrons. The molecule has 0 spiro atoms. The molecule has 0 bridgehead atoms. The normalized spacial score (nSPS) is 15.0. The number of aryl methyl sites for hydroxylation is 1. The Morgan fingerprint density at radius 1 is 1.27 bits per heavy atom. The summed E-state index contributed by atoms with van der Waals surface area (Å²) < 4.78 is 1.75. The van der Waals surface area contributed by atoms with Crippen LogP contribution < -0.4 is 20.9 Å². The van der Waals surface area contributed by atoms with Crippen molar-refractivity contribution in [1.82, 2.24) is 20.4 Å². The van der Waals surface area contributed by atoms with Crippen LogP contribution in [0.4, 0.5) is 11.5 Å². The summed E-state index contributed by atoms with van der Waals surface area (Å²) in [6, 6.07) is 10.00. The first-order valence-electron chi connectivity index (χ1n) is 10.5. The van der Waals surface area contributed by atoms with Gasteiger partial charge in [-0.15, -0.1) is 0 Å². The van der Waals surface area contributed by atoms with Gasteiger partial charge in [-0.2, -0.15) is 10.4 Å². The number of aromatic nitrogens is 2. The Morgan fingerprint density at radius 2 is 1.97 bits per heavy atom. The molecule has 0 aliphatic carbocycles. The van der Waals surface area contributed by atoms with Gasteiger partial charge >= 0.3 is 0 Å². The molecule has 2 heterocycles. The molecule has 1 aliphatic heterocycles. The first-order valence-corrected chi connectivity index (χ1v) is 10.5. The van der Waals surface area contributed by atoms with E-state index in [0.717, 1.165) is 37.3 Å². The van der Waals surface area contributed by atoms with E-state index in [9.17, 15) is 4.79 Å². The fraction of sp³-hybridized carbons (Fsp3) is 0.500. The first kappa shape index (κ1) is 21.7. The zero-order valence-corrected chi connectivity index (χ0v) is 18.0. The summed E-state index contributed by atoms with van der Waals surface area (Å²) in [5.41, 5.74) is 3.21. The topological polar surface area (TPSA) is 98.0 Å². The lowest BCUT2D eigenvalue weighted by Gasteiger charge is -2.29. The number of piperazine rings is 1. The van der Waals surface area contributed by atoms with E-state index in [1.165, 1.54) is 5.69 Å². The smallest absolute Gasteiger partial charge is 0.243 e. The summed E-state index contributed by atoms with van der Waals surface area (Å²) in [4.78, 5) is 14.9. The summed E-state index contributed by atoms with van der Waals surface area (Å²) in [6.07, 6.45) is 2.61. The molecule has 3 N–H and O–H groups in total. The van der Waals surface area contributed by atoms with E-state index in [2.05, 4.69) is 64.1 Å². The number of nitrogens with one attached hydrogen (secondary N) is 3. The Bertz CT molecular complexity index is 876. The van der Waals surface area contributed by atoms with Gasteiger partial charge in [-0.3, -0.25) is 9.48 Å². The predicted octanol–water partition coefficient (Wildman–Crippen LogP) is 1.96. The van der Waals surface area contributed by atoms with Crippen molar-refractivity contribution in [2.45, 2.75) is 26.3 Å². The third-order valence-electron chi connectivity index (χ3n) is 5.17. The van der Waals surface area contributed by atoms with Crippen LogP contribution in [0.1, 0.15) is 20.3 Å². The van der Waals surface area contributed by atoms with Crippen LogP contribution in [0.15, 0.2) is 30.5 Å². The lowest BCUT2D eigenvalue weighted by atomic mass is 10.0. The van der Waals surface area contributed by atoms with Crippen LogP contribution in [0, 0.1) is 17.2 Å². The molecule has 3 rings (SSSR count). The average Bonchev–Trinajstić information content (AvgIpc) is 3.12. The summed E-state index contributed by atoms with van der Waals surface area (Å²) in [5, 5.41) is 22.7. The van der Waals surface area contributed by atoms with Crippen molar-refractivity contribution in [3.63, 3.8) is 0 Å². The van der Waals surface area contributed by atoms with E-state index in [1.807, 2.05) is 19.3 Å². The number of amides is 1. The highest BCUT2D eigenvalue weighted by Crippen LogP contribution is 2.29.